The molecule has 0 radical (unpaired) electrons. The molecule has 0 saturated carbocycles. The van der Waals surface area contributed by atoms with Crippen molar-refractivity contribution < 1.29 is 9.59 Å². The van der Waals surface area contributed by atoms with E-state index in [-0.39, 0.29) is 24.3 Å². The number of rotatable bonds is 10. The van der Waals surface area contributed by atoms with Gasteiger partial charge in [-0.3, -0.25) is 9.59 Å². The van der Waals surface area contributed by atoms with E-state index >= 15 is 0 Å². The molecular formula is C26H34N4O2. The highest BCUT2D eigenvalue weighted by Crippen LogP contribution is 2.29. The lowest BCUT2D eigenvalue weighted by molar-refractivity contribution is -0.122. The van der Waals surface area contributed by atoms with Crippen LogP contribution in [-0.4, -0.2) is 62.4 Å². The molecule has 6 nitrogen and oxygen atoms in total. The third-order valence-electron chi connectivity index (χ3n) is 5.35. The van der Waals surface area contributed by atoms with Gasteiger partial charge in [0, 0.05) is 25.7 Å². The van der Waals surface area contributed by atoms with Crippen molar-refractivity contribution >= 4 is 11.8 Å². The van der Waals surface area contributed by atoms with Gasteiger partial charge in [-0.1, -0.05) is 50.2 Å². The smallest absolute Gasteiger partial charge is 0.253 e. The maximum atomic E-state index is 12.7. The van der Waals surface area contributed by atoms with Gasteiger partial charge < -0.3 is 15.1 Å². The summed E-state index contributed by atoms with van der Waals surface area (Å²) in [5, 5.41) is 11.5. The van der Waals surface area contributed by atoms with E-state index in [2.05, 4.69) is 19.2 Å². The average Bonchev–Trinajstić information content (AvgIpc) is 2.79. The van der Waals surface area contributed by atoms with E-state index in [0.717, 1.165) is 23.2 Å². The van der Waals surface area contributed by atoms with Crippen molar-refractivity contribution in [1.29, 1.82) is 5.26 Å². The van der Waals surface area contributed by atoms with E-state index in [4.69, 9.17) is 5.26 Å². The molecule has 2 aromatic carbocycles. The van der Waals surface area contributed by atoms with Crippen LogP contribution in [0.25, 0.3) is 11.1 Å². The van der Waals surface area contributed by atoms with Crippen LogP contribution < -0.4 is 5.32 Å². The number of likely N-dealkylation sites (N-methyl/N-ethyl adjacent to an activating group) is 2. The normalized spacial score (nSPS) is 11.8. The molecule has 32 heavy (non-hydrogen) atoms. The monoisotopic (exact) mass is 434 g/mol. The molecule has 0 saturated heterocycles. The largest absolute Gasteiger partial charge is 0.342 e. The Balaban J connectivity index is 2.22. The minimum absolute atomic E-state index is 0.00156. The number of carbonyl (C=O) groups is 2. The third-order valence-corrected chi connectivity index (χ3v) is 5.35. The van der Waals surface area contributed by atoms with Gasteiger partial charge in [0.25, 0.3) is 5.91 Å². The van der Waals surface area contributed by atoms with Crippen molar-refractivity contribution in [2.45, 2.75) is 26.2 Å². The summed E-state index contributed by atoms with van der Waals surface area (Å²) in [5.41, 5.74) is 3.55. The molecule has 0 aliphatic rings. The molecule has 0 aromatic heterocycles. The first kappa shape index (κ1) is 25.1. The van der Waals surface area contributed by atoms with Crippen molar-refractivity contribution in [3.05, 3.63) is 59.7 Å². The predicted octanol–water partition coefficient (Wildman–Crippen LogP) is 3.76. The first-order valence-electron chi connectivity index (χ1n) is 11.0. The van der Waals surface area contributed by atoms with Crippen LogP contribution in [0.4, 0.5) is 0 Å². The summed E-state index contributed by atoms with van der Waals surface area (Å²) in [6.07, 6.45) is 0.702. The quantitative estimate of drug-likeness (QED) is 0.578. The van der Waals surface area contributed by atoms with Crippen LogP contribution in [0.3, 0.4) is 0 Å². The van der Waals surface area contributed by atoms with Gasteiger partial charge in [0.05, 0.1) is 12.0 Å². The number of hydrogen-bond acceptors (Lipinski definition) is 4. The SMILES string of the molecule is CC(C)CC(C(=O)NCC#N)c1cccc(-c2ccc(C(=O)N(C)CCN(C)C)cc2)c1. The third kappa shape index (κ3) is 7.21. The maximum absolute atomic E-state index is 12.7. The molecule has 0 heterocycles. The number of nitriles is 1. The van der Waals surface area contributed by atoms with Crippen molar-refractivity contribution in [2.24, 2.45) is 5.92 Å². The molecule has 0 aliphatic heterocycles. The van der Waals surface area contributed by atoms with Crippen LogP contribution in [0, 0.1) is 17.2 Å². The second-order valence-corrected chi connectivity index (χ2v) is 8.79. The standard InChI is InChI=1S/C26H34N4O2/c1-19(2)17-24(25(31)28-14-13-27)23-8-6-7-22(18-23)20-9-11-21(12-10-20)26(32)30(5)16-15-29(3)4/h6-12,18-19,24H,14-17H2,1-5H3,(H,28,31). The molecule has 1 atom stereocenters. The van der Waals surface area contributed by atoms with Crippen LogP contribution in [0.1, 0.15) is 42.1 Å². The molecule has 2 amide bonds. The Kier molecular flexibility index (Phi) is 9.42. The van der Waals surface area contributed by atoms with Gasteiger partial charge in [0.15, 0.2) is 0 Å². The fourth-order valence-corrected chi connectivity index (χ4v) is 3.53. The molecule has 1 unspecified atom stereocenters. The molecule has 2 rings (SSSR count). The Bertz CT molecular complexity index is 945. The fourth-order valence-electron chi connectivity index (χ4n) is 3.53. The Morgan fingerprint density at radius 2 is 1.69 bits per heavy atom. The van der Waals surface area contributed by atoms with Gasteiger partial charge in [-0.15, -0.1) is 0 Å². The van der Waals surface area contributed by atoms with Gasteiger partial charge >= 0.3 is 0 Å². The van der Waals surface area contributed by atoms with E-state index < -0.39 is 0 Å². The molecule has 0 fully saturated rings. The summed E-state index contributed by atoms with van der Waals surface area (Å²) in [6, 6.07) is 17.5. The van der Waals surface area contributed by atoms with Crippen LogP contribution >= 0.6 is 0 Å². The maximum Gasteiger partial charge on any atom is 0.253 e. The Morgan fingerprint density at radius 1 is 1.00 bits per heavy atom. The van der Waals surface area contributed by atoms with Crippen molar-refractivity contribution in [3.8, 4) is 17.2 Å². The van der Waals surface area contributed by atoms with Gasteiger partial charge in [-0.05, 0) is 55.3 Å². The summed E-state index contributed by atoms with van der Waals surface area (Å²) < 4.78 is 0. The van der Waals surface area contributed by atoms with Gasteiger partial charge in [0.1, 0.15) is 6.54 Å². The summed E-state index contributed by atoms with van der Waals surface area (Å²) in [7, 11) is 5.79. The zero-order valence-electron chi connectivity index (χ0n) is 19.8. The lowest BCUT2D eigenvalue weighted by Gasteiger charge is -2.20. The molecule has 170 valence electrons. The van der Waals surface area contributed by atoms with Crippen LogP contribution in [0.15, 0.2) is 48.5 Å². The van der Waals surface area contributed by atoms with Crippen LogP contribution in [0.5, 0.6) is 0 Å². The zero-order valence-corrected chi connectivity index (χ0v) is 19.8. The van der Waals surface area contributed by atoms with E-state index in [1.807, 2.05) is 80.6 Å². The lowest BCUT2D eigenvalue weighted by atomic mass is 9.88. The molecule has 1 N–H and O–H groups in total. The highest BCUT2D eigenvalue weighted by atomic mass is 16.2. The van der Waals surface area contributed by atoms with E-state index in [0.29, 0.717) is 24.4 Å². The van der Waals surface area contributed by atoms with E-state index in [1.54, 1.807) is 4.90 Å². The number of nitrogens with one attached hydrogen (secondary N) is 1. The van der Waals surface area contributed by atoms with Crippen LogP contribution in [-0.2, 0) is 4.79 Å². The van der Waals surface area contributed by atoms with Crippen molar-refractivity contribution in [1.82, 2.24) is 15.1 Å². The average molecular weight is 435 g/mol. The number of hydrogen-bond donors (Lipinski definition) is 1. The van der Waals surface area contributed by atoms with Crippen molar-refractivity contribution in [2.75, 3.05) is 40.8 Å². The minimum Gasteiger partial charge on any atom is -0.342 e. The second kappa shape index (κ2) is 12.0. The van der Waals surface area contributed by atoms with Gasteiger partial charge in [-0.25, -0.2) is 0 Å². The number of amides is 2. The summed E-state index contributed by atoms with van der Waals surface area (Å²) in [4.78, 5) is 29.1. The highest BCUT2D eigenvalue weighted by Gasteiger charge is 2.22. The molecule has 0 bridgehead atoms. The lowest BCUT2D eigenvalue weighted by Crippen LogP contribution is -2.33. The Morgan fingerprint density at radius 3 is 2.28 bits per heavy atom. The van der Waals surface area contributed by atoms with Gasteiger partial charge in [0.2, 0.25) is 5.91 Å². The summed E-state index contributed by atoms with van der Waals surface area (Å²) in [5.74, 6) is -0.0989. The van der Waals surface area contributed by atoms with Crippen molar-refractivity contribution in [3.63, 3.8) is 0 Å². The molecular weight excluding hydrogens is 400 g/mol. The highest BCUT2D eigenvalue weighted by molar-refractivity contribution is 5.94. The van der Waals surface area contributed by atoms with Gasteiger partial charge in [-0.2, -0.15) is 5.26 Å². The number of benzene rings is 2. The Labute approximate surface area is 191 Å². The number of nitrogens with zero attached hydrogens (tertiary/aromatic N) is 3. The summed E-state index contributed by atoms with van der Waals surface area (Å²) >= 11 is 0. The summed E-state index contributed by atoms with van der Waals surface area (Å²) in [6.45, 7) is 5.65. The first-order valence-corrected chi connectivity index (χ1v) is 11.0. The molecule has 2 aromatic rings. The molecule has 6 heteroatoms. The molecule has 0 aliphatic carbocycles. The van der Waals surface area contributed by atoms with E-state index in [1.165, 1.54) is 0 Å². The number of carbonyl (C=O) groups excluding carboxylic acids is 2. The second-order valence-electron chi connectivity index (χ2n) is 8.79. The molecule has 0 spiro atoms. The van der Waals surface area contributed by atoms with E-state index in [9.17, 15) is 9.59 Å². The predicted molar refractivity (Wildman–Crippen MR) is 128 cm³/mol. The zero-order chi connectivity index (χ0) is 23.7. The topological polar surface area (TPSA) is 76.4 Å². The Hall–Kier alpha value is -3.17. The first-order chi connectivity index (χ1) is 15.2. The van der Waals surface area contributed by atoms with Crippen LogP contribution in [0.2, 0.25) is 0 Å². The minimum atomic E-state index is -0.311. The fraction of sp³-hybridized carbons (Fsp3) is 0.423.